The van der Waals surface area contributed by atoms with Gasteiger partial charge in [-0.2, -0.15) is 0 Å². The molecule has 0 unspecified atom stereocenters. The van der Waals surface area contributed by atoms with Crippen LogP contribution in [-0.4, -0.2) is 38.2 Å². The number of carbonyl (C=O) groups is 2. The predicted octanol–water partition coefficient (Wildman–Crippen LogP) is -0.333. The molecule has 4 N–H and O–H groups in total. The van der Waals surface area contributed by atoms with Crippen molar-refractivity contribution < 1.29 is 17.4 Å². The normalized spacial score (nSPS) is 8.50. The molecule has 0 atom stereocenters. The standard InChI is InChI=1S/C8H6O4.H3N.Tl/c9-7(10)5-3-1-2-4-6(5)8(11)12;;/h1-4H,(H,9,10)(H,11,12);1H3;/q;;+1/p-1. The molecule has 6 heteroatoms. The maximum absolute atomic E-state index is 11.1. The third-order valence-electron chi connectivity index (χ3n) is 1.47. The topological polar surface area (TPSA) is 103 Å². The molecule has 72 valence electrons. The SMILES string of the molecule is O=C([O-])c1ccccc1C(=O)[O][Tl].[NH4+]. The second kappa shape index (κ2) is 5.71. The van der Waals surface area contributed by atoms with Crippen LogP contribution in [-0.2, 0) is 2.69 Å². The molecule has 0 spiro atoms. The molecule has 0 amide bonds. The molecule has 0 radical (unpaired) electrons. The van der Waals surface area contributed by atoms with Crippen molar-refractivity contribution in [3.05, 3.63) is 35.4 Å². The minimum Gasteiger partial charge on any atom is -0.369 e. The number of hydrogen-bond donors (Lipinski definition) is 1. The van der Waals surface area contributed by atoms with Gasteiger partial charge in [0.2, 0.25) is 0 Å². The average molecular weight is 387 g/mol. The van der Waals surface area contributed by atoms with Crippen molar-refractivity contribution in [2.24, 2.45) is 0 Å². The van der Waals surface area contributed by atoms with Crippen LogP contribution in [0.4, 0.5) is 0 Å². The largest absolute Gasteiger partial charge is 0.369 e. The van der Waals surface area contributed by atoms with Crippen molar-refractivity contribution in [1.82, 2.24) is 6.15 Å². The molecule has 0 heterocycles. The van der Waals surface area contributed by atoms with Gasteiger partial charge in [-0.1, -0.05) is 0 Å². The summed E-state index contributed by atoms with van der Waals surface area (Å²) in [5, 5.41) is 10.5. The van der Waals surface area contributed by atoms with Gasteiger partial charge in [0, 0.05) is 0 Å². The van der Waals surface area contributed by atoms with Crippen LogP contribution in [0.25, 0.3) is 0 Å². The Balaban J connectivity index is 0.00000169. The molecular formula is C8H8NO4Tl. The maximum Gasteiger partial charge on any atom is -0.369 e. The van der Waals surface area contributed by atoms with E-state index in [1.54, 1.807) is 6.07 Å². The Labute approximate surface area is 97.0 Å². The molecule has 0 saturated carbocycles. The van der Waals surface area contributed by atoms with E-state index in [4.69, 9.17) is 0 Å². The molecule has 1 rings (SSSR count). The van der Waals surface area contributed by atoms with Gasteiger partial charge in [0.25, 0.3) is 0 Å². The average Bonchev–Trinajstić information content (AvgIpc) is 2.16. The van der Waals surface area contributed by atoms with Gasteiger partial charge in [-0.3, -0.25) is 0 Å². The first-order chi connectivity index (χ1) is 6.16. The van der Waals surface area contributed by atoms with E-state index in [0.717, 1.165) is 0 Å². The first kappa shape index (κ1) is 13.0. The quantitative estimate of drug-likeness (QED) is 0.703. The predicted molar refractivity (Wildman–Crippen MR) is 47.9 cm³/mol. The Kier molecular flexibility index (Phi) is 5.31. The summed E-state index contributed by atoms with van der Waals surface area (Å²) in [6, 6.07) is 5.81. The second-order valence-electron chi connectivity index (χ2n) is 2.24. The molecule has 0 bridgehead atoms. The Hall–Kier alpha value is -0.958. The third kappa shape index (κ3) is 2.77. The third-order valence-corrected chi connectivity index (χ3v) is 2.31. The fourth-order valence-corrected chi connectivity index (χ4v) is 1.40. The summed E-state index contributed by atoms with van der Waals surface area (Å²) in [4.78, 5) is 21.6. The zero-order valence-corrected chi connectivity index (χ0v) is 12.0. The van der Waals surface area contributed by atoms with Gasteiger partial charge in [0.05, 0.1) is 0 Å². The van der Waals surface area contributed by atoms with Crippen molar-refractivity contribution in [2.45, 2.75) is 0 Å². The van der Waals surface area contributed by atoms with Gasteiger partial charge >= 0.3 is 90.9 Å². The Morgan fingerprint density at radius 3 is 2.14 bits per heavy atom. The van der Waals surface area contributed by atoms with Gasteiger partial charge in [-0.25, -0.2) is 0 Å². The summed E-state index contributed by atoms with van der Waals surface area (Å²) < 4.78 is 4.56. The molecule has 0 saturated heterocycles. The Morgan fingerprint density at radius 1 is 1.21 bits per heavy atom. The Morgan fingerprint density at radius 2 is 1.71 bits per heavy atom. The molecule has 0 fully saturated rings. The molecular weight excluding hydrogens is 378 g/mol. The van der Waals surface area contributed by atoms with Gasteiger partial charge in [-0.15, -0.1) is 0 Å². The summed E-state index contributed by atoms with van der Waals surface area (Å²) in [6.45, 7) is 0. The van der Waals surface area contributed by atoms with E-state index in [0.29, 0.717) is 0 Å². The van der Waals surface area contributed by atoms with Crippen LogP contribution < -0.4 is 11.3 Å². The first-order valence-electron chi connectivity index (χ1n) is 3.38. The van der Waals surface area contributed by atoms with Gasteiger partial charge < -0.3 is 6.15 Å². The second-order valence-corrected chi connectivity index (χ2v) is 3.15. The Bertz CT molecular complexity index is 353. The number of carbonyl (C=O) groups excluding carboxylic acids is 2. The van der Waals surface area contributed by atoms with E-state index in [1.807, 2.05) is 0 Å². The number of carboxylic acid groups (broad SMARTS) is 1. The summed E-state index contributed by atoms with van der Waals surface area (Å²) >= 11 is 0.0484. The van der Waals surface area contributed by atoms with Crippen molar-refractivity contribution in [3.63, 3.8) is 0 Å². The summed E-state index contributed by atoms with van der Waals surface area (Å²) in [6.07, 6.45) is 0. The summed E-state index contributed by atoms with van der Waals surface area (Å²) in [5.41, 5.74) is -0.0850. The van der Waals surface area contributed by atoms with Crippen LogP contribution in [0.1, 0.15) is 20.7 Å². The van der Waals surface area contributed by atoms with Crippen molar-refractivity contribution in [2.75, 3.05) is 0 Å². The first-order valence-corrected chi connectivity index (χ1v) is 5.21. The van der Waals surface area contributed by atoms with Gasteiger partial charge in [0.15, 0.2) is 0 Å². The van der Waals surface area contributed by atoms with Gasteiger partial charge in [-0.05, 0) is 0 Å². The van der Waals surface area contributed by atoms with Crippen molar-refractivity contribution in [3.8, 4) is 0 Å². The summed E-state index contributed by atoms with van der Waals surface area (Å²) in [5.74, 6) is -1.98. The van der Waals surface area contributed by atoms with E-state index in [2.05, 4.69) is 2.69 Å². The zero-order chi connectivity index (χ0) is 9.84. The number of aromatic carboxylic acids is 1. The minimum atomic E-state index is -1.37. The van der Waals surface area contributed by atoms with Crippen LogP contribution in [0, 0.1) is 0 Å². The molecule has 14 heavy (non-hydrogen) atoms. The van der Waals surface area contributed by atoms with E-state index in [9.17, 15) is 14.7 Å². The van der Waals surface area contributed by atoms with E-state index in [-0.39, 0.29) is 43.5 Å². The maximum atomic E-state index is 11.1. The van der Waals surface area contributed by atoms with Gasteiger partial charge in [0.1, 0.15) is 0 Å². The molecule has 0 aliphatic heterocycles. The molecule has 5 nitrogen and oxygen atoms in total. The fourth-order valence-electron chi connectivity index (χ4n) is 0.903. The van der Waals surface area contributed by atoms with Crippen molar-refractivity contribution >= 4 is 38.2 Å². The van der Waals surface area contributed by atoms with Crippen molar-refractivity contribution in [1.29, 1.82) is 0 Å². The number of hydrogen-bond acceptors (Lipinski definition) is 4. The molecule has 0 aliphatic carbocycles. The zero-order valence-electron chi connectivity index (χ0n) is 7.52. The summed E-state index contributed by atoms with van der Waals surface area (Å²) in [7, 11) is 0. The van der Waals surface area contributed by atoms with Crippen LogP contribution >= 0.6 is 0 Å². The fraction of sp³-hybridized carbons (Fsp3) is 0. The smallest absolute Gasteiger partial charge is 0.369 e. The number of carboxylic acids is 1. The van der Waals surface area contributed by atoms with Crippen LogP contribution in [0.3, 0.4) is 0 Å². The molecule has 1 aromatic rings. The van der Waals surface area contributed by atoms with E-state index < -0.39 is 11.9 Å². The monoisotopic (exact) mass is 387 g/mol. The molecule has 0 aromatic heterocycles. The van der Waals surface area contributed by atoms with Crippen LogP contribution in [0.2, 0.25) is 0 Å². The van der Waals surface area contributed by atoms with E-state index >= 15 is 0 Å². The minimum absolute atomic E-state index is 0. The number of quaternary nitrogens is 1. The number of rotatable bonds is 2. The van der Waals surface area contributed by atoms with Crippen LogP contribution in [0.15, 0.2) is 24.3 Å². The number of benzene rings is 1. The van der Waals surface area contributed by atoms with Crippen LogP contribution in [0.5, 0.6) is 0 Å². The molecule has 0 aliphatic rings. The molecule has 1 aromatic carbocycles. The van der Waals surface area contributed by atoms with E-state index in [1.165, 1.54) is 18.2 Å².